The quantitative estimate of drug-likeness (QED) is 0.639. The predicted molar refractivity (Wildman–Crippen MR) is 114 cm³/mol. The summed E-state index contributed by atoms with van der Waals surface area (Å²) in [5.41, 5.74) is 3.57. The number of benzene rings is 2. The normalized spacial score (nSPS) is 20.3. The number of hydrogen-bond acceptors (Lipinski definition) is 4. The Labute approximate surface area is 170 Å². The lowest BCUT2D eigenvalue weighted by Gasteiger charge is -2.08. The number of amides is 1. The molecule has 2 fully saturated rings. The highest BCUT2D eigenvalue weighted by molar-refractivity contribution is 6.04. The average molecular weight is 384 g/mol. The highest BCUT2D eigenvalue weighted by Crippen LogP contribution is 2.41. The molecule has 0 radical (unpaired) electrons. The van der Waals surface area contributed by atoms with Gasteiger partial charge in [-0.1, -0.05) is 24.3 Å². The maximum absolute atomic E-state index is 12.7. The topological polar surface area (TPSA) is 66.9 Å². The zero-order chi connectivity index (χ0) is 19.6. The van der Waals surface area contributed by atoms with Gasteiger partial charge in [0.1, 0.15) is 0 Å². The lowest BCUT2D eigenvalue weighted by atomic mass is 10.1. The van der Waals surface area contributed by atoms with Crippen molar-refractivity contribution in [3.8, 4) is 11.4 Å². The third-order valence-electron chi connectivity index (χ3n) is 5.70. The van der Waals surface area contributed by atoms with E-state index in [0.717, 1.165) is 17.2 Å². The van der Waals surface area contributed by atoms with Crippen molar-refractivity contribution in [1.29, 1.82) is 0 Å². The number of carbonyl (C=O) groups is 1. The predicted octanol–water partition coefficient (Wildman–Crippen LogP) is 4.25. The van der Waals surface area contributed by atoms with E-state index >= 15 is 0 Å². The number of rotatable bonds is 7. The molecule has 2 atom stereocenters. The first-order valence-electron chi connectivity index (χ1n) is 10.3. The molecule has 3 aromatic rings. The van der Waals surface area contributed by atoms with Crippen LogP contribution in [0.15, 0.2) is 67.0 Å². The molecule has 1 heterocycles. The van der Waals surface area contributed by atoms with Crippen molar-refractivity contribution in [2.75, 3.05) is 11.9 Å². The second kappa shape index (κ2) is 7.76. The minimum atomic E-state index is -0.133. The maximum atomic E-state index is 12.7. The Bertz CT molecular complexity index is 999. The molecule has 0 saturated heterocycles. The molecule has 2 aliphatic carbocycles. The molecule has 0 unspecified atom stereocenters. The van der Waals surface area contributed by atoms with Crippen LogP contribution in [0.3, 0.4) is 0 Å². The van der Waals surface area contributed by atoms with Crippen molar-refractivity contribution in [1.82, 2.24) is 15.3 Å². The van der Waals surface area contributed by atoms with Gasteiger partial charge in [-0.2, -0.15) is 0 Å². The van der Waals surface area contributed by atoms with Crippen LogP contribution in [0.5, 0.6) is 0 Å². The molecular weight excluding hydrogens is 360 g/mol. The van der Waals surface area contributed by atoms with Gasteiger partial charge >= 0.3 is 0 Å². The van der Waals surface area contributed by atoms with Gasteiger partial charge in [0.15, 0.2) is 5.82 Å². The molecule has 0 aliphatic heterocycles. The molecular formula is C24H24N4O. The van der Waals surface area contributed by atoms with Crippen molar-refractivity contribution in [3.05, 3.63) is 78.1 Å². The monoisotopic (exact) mass is 384 g/mol. The number of carbonyl (C=O) groups excluding carboxylic acids is 1. The first-order chi connectivity index (χ1) is 14.3. The zero-order valence-electron chi connectivity index (χ0n) is 16.2. The minimum absolute atomic E-state index is 0.133. The Kier molecular flexibility index (Phi) is 4.82. The highest BCUT2D eigenvalue weighted by Gasteiger charge is 2.38. The zero-order valence-corrected chi connectivity index (χ0v) is 16.2. The van der Waals surface area contributed by atoms with Crippen LogP contribution in [0, 0.1) is 5.92 Å². The van der Waals surface area contributed by atoms with Crippen molar-refractivity contribution in [3.63, 3.8) is 0 Å². The van der Waals surface area contributed by atoms with Crippen LogP contribution >= 0.6 is 0 Å². The molecule has 5 rings (SSSR count). The number of nitrogens with zero attached hydrogens (tertiary/aromatic N) is 2. The van der Waals surface area contributed by atoms with Gasteiger partial charge in [-0.25, -0.2) is 9.97 Å². The van der Waals surface area contributed by atoms with E-state index in [9.17, 15) is 4.79 Å². The Balaban J connectivity index is 1.21. The van der Waals surface area contributed by atoms with Crippen LogP contribution in [-0.4, -0.2) is 28.5 Å². The van der Waals surface area contributed by atoms with Gasteiger partial charge in [-0.15, -0.1) is 0 Å². The van der Waals surface area contributed by atoms with Crippen LogP contribution in [0.1, 0.15) is 41.1 Å². The van der Waals surface area contributed by atoms with Gasteiger partial charge in [0.25, 0.3) is 5.91 Å². The fraction of sp³-hybridized carbons (Fsp3) is 0.292. The number of hydrogen-bond donors (Lipinski definition) is 2. The average Bonchev–Trinajstić information content (AvgIpc) is 3.69. The summed E-state index contributed by atoms with van der Waals surface area (Å²) < 4.78 is 0. The first kappa shape index (κ1) is 18.0. The molecule has 5 heteroatoms. The minimum Gasteiger partial charge on any atom is -0.322 e. The Morgan fingerprint density at radius 3 is 2.55 bits per heavy atom. The Hall–Kier alpha value is -3.05. The van der Waals surface area contributed by atoms with Crippen molar-refractivity contribution in [2.24, 2.45) is 5.92 Å². The van der Waals surface area contributed by atoms with Crippen LogP contribution in [-0.2, 0) is 0 Å². The van der Waals surface area contributed by atoms with Gasteiger partial charge in [0.05, 0.1) is 0 Å². The first-order valence-corrected chi connectivity index (χ1v) is 10.3. The third-order valence-corrected chi connectivity index (χ3v) is 5.70. The molecule has 0 spiro atoms. The Morgan fingerprint density at radius 1 is 1.00 bits per heavy atom. The standard InChI is InChI=1S/C24H24N4O/c29-24(19-4-1-3-18(13-19)23-25-11-2-12-26-23)28-20-9-7-17(8-10-20)21-14-22(21)27-15-16-5-6-16/h1-4,7-13,16,21-22,27H,5-6,14-15H2,(H,28,29)/t21-,22+/m0/s1. The van der Waals surface area contributed by atoms with Crippen molar-refractivity contribution in [2.45, 2.75) is 31.2 Å². The second-order valence-electron chi connectivity index (χ2n) is 8.03. The molecule has 2 N–H and O–H groups in total. The van der Waals surface area contributed by atoms with Gasteiger partial charge in [0, 0.05) is 41.2 Å². The van der Waals surface area contributed by atoms with Gasteiger partial charge in [0.2, 0.25) is 0 Å². The smallest absolute Gasteiger partial charge is 0.255 e. The molecule has 2 saturated carbocycles. The SMILES string of the molecule is O=C(Nc1ccc([C@@H]2C[C@H]2NCC2CC2)cc1)c1cccc(-c2ncccn2)c1. The molecule has 146 valence electrons. The lowest BCUT2D eigenvalue weighted by molar-refractivity contribution is 0.102. The van der Waals surface area contributed by atoms with E-state index < -0.39 is 0 Å². The van der Waals surface area contributed by atoms with E-state index in [1.165, 1.54) is 31.4 Å². The summed E-state index contributed by atoms with van der Waals surface area (Å²) in [6.07, 6.45) is 7.39. The van der Waals surface area contributed by atoms with E-state index in [4.69, 9.17) is 0 Å². The third kappa shape index (κ3) is 4.35. The van der Waals surface area contributed by atoms with Crippen LogP contribution in [0.2, 0.25) is 0 Å². The van der Waals surface area contributed by atoms with E-state index in [1.54, 1.807) is 24.5 Å². The van der Waals surface area contributed by atoms with E-state index in [2.05, 4.69) is 32.7 Å². The van der Waals surface area contributed by atoms with E-state index in [0.29, 0.717) is 23.3 Å². The largest absolute Gasteiger partial charge is 0.322 e. The number of nitrogens with one attached hydrogen (secondary N) is 2. The van der Waals surface area contributed by atoms with Crippen LogP contribution in [0.4, 0.5) is 5.69 Å². The summed E-state index contributed by atoms with van der Waals surface area (Å²) in [7, 11) is 0. The molecule has 2 aliphatic rings. The highest BCUT2D eigenvalue weighted by atomic mass is 16.1. The van der Waals surface area contributed by atoms with Crippen LogP contribution < -0.4 is 10.6 Å². The van der Waals surface area contributed by atoms with Gasteiger partial charge < -0.3 is 10.6 Å². The summed E-state index contributed by atoms with van der Waals surface area (Å²) in [6, 6.07) is 18.0. The maximum Gasteiger partial charge on any atom is 0.255 e. The summed E-state index contributed by atoms with van der Waals surface area (Å²) in [5.74, 6) is 2.01. The van der Waals surface area contributed by atoms with Crippen molar-refractivity contribution >= 4 is 11.6 Å². The second-order valence-corrected chi connectivity index (χ2v) is 8.03. The van der Waals surface area contributed by atoms with Gasteiger partial charge in [-0.05, 0) is 67.6 Å². The number of anilines is 1. The van der Waals surface area contributed by atoms with E-state index in [1.807, 2.05) is 30.3 Å². The summed E-state index contributed by atoms with van der Waals surface area (Å²) >= 11 is 0. The summed E-state index contributed by atoms with van der Waals surface area (Å²) in [4.78, 5) is 21.2. The molecule has 1 aromatic heterocycles. The summed E-state index contributed by atoms with van der Waals surface area (Å²) in [5, 5.41) is 6.66. The fourth-order valence-electron chi connectivity index (χ4n) is 3.69. The fourth-order valence-corrected chi connectivity index (χ4v) is 3.69. The Morgan fingerprint density at radius 2 is 1.79 bits per heavy atom. The summed E-state index contributed by atoms with van der Waals surface area (Å²) in [6.45, 7) is 1.17. The van der Waals surface area contributed by atoms with Gasteiger partial charge in [-0.3, -0.25) is 4.79 Å². The number of aromatic nitrogens is 2. The molecule has 29 heavy (non-hydrogen) atoms. The molecule has 5 nitrogen and oxygen atoms in total. The molecule has 1 amide bonds. The molecule has 0 bridgehead atoms. The van der Waals surface area contributed by atoms with Crippen molar-refractivity contribution < 1.29 is 4.79 Å². The lowest BCUT2D eigenvalue weighted by Crippen LogP contribution is -2.20. The van der Waals surface area contributed by atoms with E-state index in [-0.39, 0.29) is 5.91 Å². The molecule has 2 aromatic carbocycles. The van der Waals surface area contributed by atoms with Crippen LogP contribution in [0.25, 0.3) is 11.4 Å².